The Morgan fingerprint density at radius 2 is 1.88 bits per heavy atom. The maximum absolute atomic E-state index is 11.8. The van der Waals surface area contributed by atoms with Crippen LogP contribution in [0.4, 0.5) is 0 Å². The fourth-order valence-corrected chi connectivity index (χ4v) is 1.92. The Kier molecular flexibility index (Phi) is 6.64. The molecule has 0 bridgehead atoms. The summed E-state index contributed by atoms with van der Waals surface area (Å²) in [6.07, 6.45) is 1.54. The minimum absolute atomic E-state index is 0.153. The molecular weight excluding hydrogens is 308 g/mol. The molecule has 2 rings (SSSR count). The van der Waals surface area contributed by atoms with Crippen LogP contribution in [0, 0.1) is 0 Å². The molecule has 0 aliphatic heterocycles. The van der Waals surface area contributed by atoms with Crippen LogP contribution in [0.5, 0.6) is 17.2 Å². The molecule has 0 radical (unpaired) electrons. The van der Waals surface area contributed by atoms with Gasteiger partial charge >= 0.3 is 0 Å². The van der Waals surface area contributed by atoms with Gasteiger partial charge in [-0.15, -0.1) is 0 Å². The van der Waals surface area contributed by atoms with Gasteiger partial charge in [-0.2, -0.15) is 5.10 Å². The minimum Gasteiger partial charge on any atom is -0.497 e. The molecule has 1 N–H and O–H groups in total. The van der Waals surface area contributed by atoms with Gasteiger partial charge in [-0.05, 0) is 36.8 Å². The van der Waals surface area contributed by atoms with E-state index in [1.165, 1.54) is 6.21 Å². The Morgan fingerprint density at radius 3 is 2.58 bits per heavy atom. The predicted octanol–water partition coefficient (Wildman–Crippen LogP) is 2.62. The fourth-order valence-electron chi connectivity index (χ4n) is 1.92. The van der Waals surface area contributed by atoms with Crippen LogP contribution in [-0.4, -0.2) is 32.4 Å². The first kappa shape index (κ1) is 17.3. The Balaban J connectivity index is 1.84. The van der Waals surface area contributed by atoms with Crippen molar-refractivity contribution in [2.24, 2.45) is 5.10 Å². The zero-order valence-electron chi connectivity index (χ0n) is 13.7. The number of carbonyl (C=O) groups is 1. The second-order valence-corrected chi connectivity index (χ2v) is 4.74. The van der Waals surface area contributed by atoms with E-state index in [9.17, 15) is 4.79 Å². The summed E-state index contributed by atoms with van der Waals surface area (Å²) in [5.74, 6) is 1.49. The molecule has 6 nitrogen and oxygen atoms in total. The molecule has 0 saturated carbocycles. The average Bonchev–Trinajstić information content (AvgIpc) is 2.61. The number of carbonyl (C=O) groups excluding carboxylic acids is 1. The molecule has 2 aromatic carbocycles. The van der Waals surface area contributed by atoms with Crippen molar-refractivity contribution < 1.29 is 19.0 Å². The van der Waals surface area contributed by atoms with Crippen LogP contribution in [0.2, 0.25) is 0 Å². The van der Waals surface area contributed by atoms with Gasteiger partial charge in [0.05, 0.1) is 19.9 Å². The Morgan fingerprint density at radius 1 is 1.12 bits per heavy atom. The summed E-state index contributed by atoms with van der Waals surface area (Å²) in [4.78, 5) is 11.8. The van der Waals surface area contributed by atoms with Crippen LogP contribution in [-0.2, 0) is 4.79 Å². The molecule has 0 aromatic heterocycles. The number of hydrogen-bond donors (Lipinski definition) is 1. The van der Waals surface area contributed by atoms with Crippen molar-refractivity contribution >= 4 is 12.1 Å². The maximum atomic E-state index is 11.8. The first-order chi connectivity index (χ1) is 11.7. The number of benzene rings is 2. The predicted molar refractivity (Wildman–Crippen MR) is 91.8 cm³/mol. The van der Waals surface area contributed by atoms with Crippen LogP contribution in [0.3, 0.4) is 0 Å². The highest BCUT2D eigenvalue weighted by Gasteiger charge is 2.06. The van der Waals surface area contributed by atoms with Gasteiger partial charge in [0.25, 0.3) is 5.91 Å². The van der Waals surface area contributed by atoms with E-state index in [0.29, 0.717) is 18.1 Å². The second kappa shape index (κ2) is 9.19. The number of hydrazone groups is 1. The van der Waals surface area contributed by atoms with E-state index < -0.39 is 0 Å². The zero-order valence-corrected chi connectivity index (χ0v) is 13.7. The van der Waals surface area contributed by atoms with Gasteiger partial charge < -0.3 is 14.2 Å². The highest BCUT2D eigenvalue weighted by Crippen LogP contribution is 2.26. The summed E-state index contributed by atoms with van der Waals surface area (Å²) in [6, 6.07) is 14.5. The molecule has 126 valence electrons. The molecule has 0 saturated heterocycles. The lowest BCUT2D eigenvalue weighted by Gasteiger charge is -2.10. The van der Waals surface area contributed by atoms with Gasteiger partial charge in [-0.3, -0.25) is 4.79 Å². The van der Waals surface area contributed by atoms with Crippen molar-refractivity contribution in [2.45, 2.75) is 6.92 Å². The molecule has 2 aromatic rings. The van der Waals surface area contributed by atoms with Crippen LogP contribution in [0.25, 0.3) is 0 Å². The molecule has 0 aliphatic rings. The summed E-state index contributed by atoms with van der Waals surface area (Å²) in [5.41, 5.74) is 3.23. The highest BCUT2D eigenvalue weighted by atomic mass is 16.5. The lowest BCUT2D eigenvalue weighted by atomic mass is 10.2. The van der Waals surface area contributed by atoms with Crippen LogP contribution in [0.1, 0.15) is 12.5 Å². The van der Waals surface area contributed by atoms with Crippen molar-refractivity contribution in [1.82, 2.24) is 5.43 Å². The third kappa shape index (κ3) is 5.31. The number of amides is 1. The molecule has 24 heavy (non-hydrogen) atoms. The Bertz CT molecular complexity index is 701. The van der Waals surface area contributed by atoms with E-state index in [-0.39, 0.29) is 12.5 Å². The topological polar surface area (TPSA) is 69.2 Å². The fraction of sp³-hybridized carbons (Fsp3) is 0.222. The van der Waals surface area contributed by atoms with Crippen molar-refractivity contribution in [2.75, 3.05) is 20.3 Å². The van der Waals surface area contributed by atoms with Crippen molar-refractivity contribution in [3.63, 3.8) is 0 Å². The van der Waals surface area contributed by atoms with Crippen LogP contribution in [0.15, 0.2) is 53.6 Å². The summed E-state index contributed by atoms with van der Waals surface area (Å²) in [6.45, 7) is 2.26. The van der Waals surface area contributed by atoms with Gasteiger partial charge in [-0.1, -0.05) is 24.3 Å². The lowest BCUT2D eigenvalue weighted by molar-refractivity contribution is -0.123. The number of hydrogen-bond acceptors (Lipinski definition) is 5. The average molecular weight is 328 g/mol. The number of nitrogens with zero attached hydrogens (tertiary/aromatic N) is 1. The van der Waals surface area contributed by atoms with Gasteiger partial charge in [0, 0.05) is 0 Å². The van der Waals surface area contributed by atoms with E-state index >= 15 is 0 Å². The Labute approximate surface area is 141 Å². The van der Waals surface area contributed by atoms with Crippen molar-refractivity contribution in [3.05, 3.63) is 54.1 Å². The molecule has 6 heteroatoms. The smallest absolute Gasteiger partial charge is 0.277 e. The van der Waals surface area contributed by atoms with E-state index in [1.807, 2.05) is 43.3 Å². The Hall–Kier alpha value is -3.02. The summed E-state index contributed by atoms with van der Waals surface area (Å²) in [7, 11) is 1.59. The van der Waals surface area contributed by atoms with Crippen molar-refractivity contribution in [3.8, 4) is 17.2 Å². The number of para-hydroxylation sites is 2. The number of nitrogens with one attached hydrogen (secondary N) is 1. The van der Waals surface area contributed by atoms with Gasteiger partial charge in [0.2, 0.25) is 0 Å². The van der Waals surface area contributed by atoms with Crippen LogP contribution < -0.4 is 19.6 Å². The molecule has 0 fully saturated rings. The first-order valence-corrected chi connectivity index (χ1v) is 7.53. The molecule has 0 heterocycles. The molecule has 1 amide bonds. The first-order valence-electron chi connectivity index (χ1n) is 7.53. The third-order valence-electron chi connectivity index (χ3n) is 3.00. The largest absolute Gasteiger partial charge is 0.497 e. The van der Waals surface area contributed by atoms with E-state index in [1.54, 1.807) is 19.2 Å². The van der Waals surface area contributed by atoms with Gasteiger partial charge in [0.1, 0.15) is 5.75 Å². The van der Waals surface area contributed by atoms with E-state index in [2.05, 4.69) is 10.5 Å². The zero-order chi connectivity index (χ0) is 17.2. The van der Waals surface area contributed by atoms with E-state index in [0.717, 1.165) is 11.3 Å². The summed E-state index contributed by atoms with van der Waals surface area (Å²) < 4.78 is 16.0. The highest BCUT2D eigenvalue weighted by molar-refractivity contribution is 5.83. The standard InChI is InChI=1S/C18H20N2O4/c1-3-23-16-9-4-5-10-17(16)24-13-18(21)20-19-12-14-7-6-8-15(11-14)22-2/h4-12H,3,13H2,1-2H3,(H,20,21). The monoisotopic (exact) mass is 328 g/mol. The second-order valence-electron chi connectivity index (χ2n) is 4.74. The molecule has 0 atom stereocenters. The normalized spacial score (nSPS) is 10.4. The minimum atomic E-state index is -0.361. The van der Waals surface area contributed by atoms with Crippen LogP contribution >= 0.6 is 0 Å². The summed E-state index contributed by atoms with van der Waals surface area (Å²) in [5, 5.41) is 3.90. The number of methoxy groups -OCH3 is 1. The number of rotatable bonds is 8. The molecule has 0 unspecified atom stereocenters. The molecule has 0 aliphatic carbocycles. The SMILES string of the molecule is CCOc1ccccc1OCC(=O)NN=Cc1cccc(OC)c1. The summed E-state index contributed by atoms with van der Waals surface area (Å²) >= 11 is 0. The maximum Gasteiger partial charge on any atom is 0.277 e. The lowest BCUT2D eigenvalue weighted by Crippen LogP contribution is -2.24. The van der Waals surface area contributed by atoms with Gasteiger partial charge in [0.15, 0.2) is 18.1 Å². The van der Waals surface area contributed by atoms with E-state index in [4.69, 9.17) is 14.2 Å². The van der Waals surface area contributed by atoms with Crippen molar-refractivity contribution in [1.29, 1.82) is 0 Å². The molecule has 0 spiro atoms. The quantitative estimate of drug-likeness (QED) is 0.597. The van der Waals surface area contributed by atoms with Gasteiger partial charge in [-0.25, -0.2) is 5.43 Å². The molecular formula is C18H20N2O4. The third-order valence-corrected chi connectivity index (χ3v) is 3.00. The number of ether oxygens (including phenoxy) is 3.